The molecule has 5 aliphatic rings. The van der Waals surface area contributed by atoms with Crippen LogP contribution >= 0.6 is 0 Å². The van der Waals surface area contributed by atoms with E-state index in [0.717, 1.165) is 32.1 Å². The number of ether oxygens (including phenoxy) is 1. The van der Waals surface area contributed by atoms with Crippen molar-refractivity contribution in [1.82, 2.24) is 0 Å². The van der Waals surface area contributed by atoms with Crippen LogP contribution in [-0.2, 0) is 14.3 Å². The topological polar surface area (TPSA) is 43.4 Å². The number of carbonyl (C=O) groups excluding carboxylic acids is 2. The smallest absolute Gasteiger partial charge is 0.331 e. The minimum Gasteiger partial charge on any atom is -0.451 e. The number of ketones is 1. The van der Waals surface area contributed by atoms with Crippen molar-refractivity contribution < 1.29 is 14.3 Å². The van der Waals surface area contributed by atoms with Crippen molar-refractivity contribution in [3.8, 4) is 0 Å². The molecule has 25 heavy (non-hydrogen) atoms. The Kier molecular flexibility index (Phi) is 3.08. The highest BCUT2D eigenvalue weighted by Crippen LogP contribution is 2.68. The maximum Gasteiger partial charge on any atom is 0.331 e. The second-order valence-electron chi connectivity index (χ2n) is 9.61. The summed E-state index contributed by atoms with van der Waals surface area (Å²) in [4.78, 5) is 23.7. The average molecular weight is 340 g/mol. The minimum absolute atomic E-state index is 0.0822. The van der Waals surface area contributed by atoms with Crippen molar-refractivity contribution in [1.29, 1.82) is 0 Å². The van der Waals surface area contributed by atoms with Crippen LogP contribution in [0.2, 0.25) is 0 Å². The molecule has 4 aliphatic carbocycles. The fourth-order valence-electron chi connectivity index (χ4n) is 7.48. The van der Waals surface area contributed by atoms with Crippen molar-refractivity contribution >= 4 is 11.8 Å². The van der Waals surface area contributed by atoms with Gasteiger partial charge in [-0.3, -0.25) is 4.79 Å². The Hall–Kier alpha value is -1.38. The van der Waals surface area contributed by atoms with Crippen molar-refractivity contribution in [2.24, 2.45) is 28.6 Å². The van der Waals surface area contributed by atoms with Crippen LogP contribution in [0.25, 0.3) is 0 Å². The molecule has 6 atom stereocenters. The molecule has 0 saturated heterocycles. The summed E-state index contributed by atoms with van der Waals surface area (Å²) < 4.78 is 5.90. The molecule has 0 aromatic rings. The fourth-order valence-corrected chi connectivity index (χ4v) is 7.48. The molecule has 134 valence electrons. The molecule has 1 aliphatic heterocycles. The number of hydrogen-bond acceptors (Lipinski definition) is 3. The Labute approximate surface area is 149 Å². The van der Waals surface area contributed by atoms with Crippen molar-refractivity contribution in [2.45, 2.75) is 70.8 Å². The van der Waals surface area contributed by atoms with Crippen LogP contribution in [0.4, 0.5) is 0 Å². The van der Waals surface area contributed by atoms with E-state index in [9.17, 15) is 9.59 Å². The molecule has 0 aromatic carbocycles. The van der Waals surface area contributed by atoms with Crippen LogP contribution in [0.3, 0.4) is 0 Å². The fraction of sp³-hybridized carbons (Fsp3) is 0.727. The van der Waals surface area contributed by atoms with Gasteiger partial charge in [0.25, 0.3) is 0 Å². The third-order valence-corrected chi connectivity index (χ3v) is 8.92. The minimum atomic E-state index is -0.348. The van der Waals surface area contributed by atoms with Gasteiger partial charge in [0.1, 0.15) is 5.60 Å². The highest BCUT2D eigenvalue weighted by Gasteiger charge is 2.66. The zero-order chi connectivity index (χ0) is 17.4. The Morgan fingerprint density at radius 1 is 1.00 bits per heavy atom. The van der Waals surface area contributed by atoms with Gasteiger partial charge < -0.3 is 4.74 Å². The van der Waals surface area contributed by atoms with Crippen LogP contribution in [0, 0.1) is 28.6 Å². The second kappa shape index (κ2) is 4.86. The van der Waals surface area contributed by atoms with E-state index in [0.29, 0.717) is 23.5 Å². The summed E-state index contributed by atoms with van der Waals surface area (Å²) >= 11 is 0. The predicted octanol–water partition coefficient (Wildman–Crippen LogP) is 4.37. The summed E-state index contributed by atoms with van der Waals surface area (Å²) in [6.07, 6.45) is 14.2. The van der Waals surface area contributed by atoms with E-state index in [1.54, 1.807) is 6.08 Å². The van der Waals surface area contributed by atoms with Crippen LogP contribution in [0.1, 0.15) is 65.2 Å². The van der Waals surface area contributed by atoms with Gasteiger partial charge in [-0.2, -0.15) is 0 Å². The lowest BCUT2D eigenvalue weighted by molar-refractivity contribution is -0.162. The lowest BCUT2D eigenvalue weighted by Gasteiger charge is -2.58. The maximum atomic E-state index is 11.9. The summed E-state index contributed by atoms with van der Waals surface area (Å²) in [5, 5.41) is 0. The van der Waals surface area contributed by atoms with Crippen molar-refractivity contribution in [2.75, 3.05) is 0 Å². The molecule has 5 rings (SSSR count). The molecule has 0 N–H and O–H groups in total. The number of allylic oxidation sites excluding steroid dienone is 1. The highest BCUT2D eigenvalue weighted by atomic mass is 16.6. The molecular formula is C22H28O3. The Balaban J connectivity index is 1.50. The van der Waals surface area contributed by atoms with E-state index in [1.807, 2.05) is 6.08 Å². The summed E-state index contributed by atoms with van der Waals surface area (Å²) in [6.45, 7) is 4.80. The summed E-state index contributed by atoms with van der Waals surface area (Å²) in [5.74, 6) is 2.21. The molecule has 3 nitrogen and oxygen atoms in total. The lowest BCUT2D eigenvalue weighted by Crippen LogP contribution is -2.54. The number of hydrogen-bond donors (Lipinski definition) is 0. The van der Waals surface area contributed by atoms with Gasteiger partial charge >= 0.3 is 5.97 Å². The summed E-state index contributed by atoms with van der Waals surface area (Å²) in [7, 11) is 0. The zero-order valence-corrected chi connectivity index (χ0v) is 15.3. The standard InChI is InChI=1S/C22H28O3/c1-20-9-5-15(23)13-14(20)3-4-16-17(20)6-10-21(2)18(16)7-11-22(21)12-8-19(24)25-22/h8,12-13,16-18H,3-7,9-11H2,1-2H3/t16-,17-,18-,20+,21+,22-/m1/s1. The van der Waals surface area contributed by atoms with E-state index in [-0.39, 0.29) is 22.4 Å². The van der Waals surface area contributed by atoms with E-state index in [2.05, 4.69) is 19.9 Å². The zero-order valence-electron chi connectivity index (χ0n) is 15.3. The first-order valence-electron chi connectivity index (χ1n) is 10.0. The first kappa shape index (κ1) is 15.8. The van der Waals surface area contributed by atoms with Crippen LogP contribution in [0.5, 0.6) is 0 Å². The Morgan fingerprint density at radius 2 is 1.80 bits per heavy atom. The Morgan fingerprint density at radius 3 is 2.56 bits per heavy atom. The molecule has 3 heteroatoms. The van der Waals surface area contributed by atoms with Gasteiger partial charge in [0, 0.05) is 17.9 Å². The van der Waals surface area contributed by atoms with Gasteiger partial charge in [0.05, 0.1) is 0 Å². The second-order valence-corrected chi connectivity index (χ2v) is 9.61. The molecule has 0 amide bonds. The van der Waals surface area contributed by atoms with E-state index in [1.165, 1.54) is 24.8 Å². The van der Waals surface area contributed by atoms with Gasteiger partial charge in [-0.25, -0.2) is 4.79 Å². The average Bonchev–Trinajstić information content (AvgIpc) is 3.10. The predicted molar refractivity (Wildman–Crippen MR) is 94.7 cm³/mol. The molecule has 3 saturated carbocycles. The van der Waals surface area contributed by atoms with Gasteiger partial charge in [-0.05, 0) is 80.3 Å². The lowest BCUT2D eigenvalue weighted by atomic mass is 9.46. The molecule has 1 heterocycles. The normalized spacial score (nSPS) is 51.0. The van der Waals surface area contributed by atoms with Crippen LogP contribution in [0.15, 0.2) is 23.8 Å². The molecular weight excluding hydrogens is 312 g/mol. The van der Waals surface area contributed by atoms with E-state index in [4.69, 9.17) is 4.74 Å². The molecule has 0 bridgehead atoms. The third-order valence-electron chi connectivity index (χ3n) is 8.92. The third kappa shape index (κ3) is 1.88. The largest absolute Gasteiger partial charge is 0.451 e. The first-order chi connectivity index (χ1) is 11.9. The highest BCUT2D eigenvalue weighted by molar-refractivity contribution is 5.91. The quantitative estimate of drug-likeness (QED) is 0.615. The van der Waals surface area contributed by atoms with Crippen molar-refractivity contribution in [3.05, 3.63) is 23.8 Å². The van der Waals surface area contributed by atoms with Gasteiger partial charge in [0.2, 0.25) is 0 Å². The molecule has 1 spiro atoms. The number of carbonyl (C=O) groups is 2. The number of esters is 1. The Bertz CT molecular complexity index is 719. The summed E-state index contributed by atoms with van der Waals surface area (Å²) in [5.41, 5.74) is 1.38. The van der Waals surface area contributed by atoms with Crippen LogP contribution in [-0.4, -0.2) is 17.4 Å². The van der Waals surface area contributed by atoms with Gasteiger partial charge in [0.15, 0.2) is 5.78 Å². The maximum absolute atomic E-state index is 11.9. The van der Waals surface area contributed by atoms with Gasteiger partial charge in [-0.1, -0.05) is 19.4 Å². The monoisotopic (exact) mass is 340 g/mol. The van der Waals surface area contributed by atoms with E-state index >= 15 is 0 Å². The van der Waals surface area contributed by atoms with Crippen LogP contribution < -0.4 is 0 Å². The number of rotatable bonds is 0. The van der Waals surface area contributed by atoms with Crippen molar-refractivity contribution in [3.63, 3.8) is 0 Å². The van der Waals surface area contributed by atoms with E-state index < -0.39 is 0 Å². The number of fused-ring (bicyclic) bond motifs is 6. The summed E-state index contributed by atoms with van der Waals surface area (Å²) in [6, 6.07) is 0. The molecule has 0 radical (unpaired) electrons. The SMILES string of the molecule is C[C@]12CCC(=O)C=C1CC[C@@H]1[C@H]2CC[C@@]2(C)[C@@H]1CC[C@@]21C=CC(=O)O1. The first-order valence-corrected chi connectivity index (χ1v) is 10.0. The molecule has 0 unspecified atom stereocenters. The molecule has 0 aromatic heterocycles. The van der Waals surface area contributed by atoms with Gasteiger partial charge in [-0.15, -0.1) is 0 Å². The molecule has 3 fully saturated rings.